The summed E-state index contributed by atoms with van der Waals surface area (Å²) in [5, 5.41) is 5.96. The molecule has 3 aromatic rings. The van der Waals surface area contributed by atoms with Gasteiger partial charge in [-0.15, -0.1) is 11.3 Å². The zero-order valence-electron chi connectivity index (χ0n) is 14.6. The van der Waals surface area contributed by atoms with Crippen LogP contribution in [-0.4, -0.2) is 21.4 Å². The molecule has 0 aliphatic rings. The van der Waals surface area contributed by atoms with Crippen molar-refractivity contribution in [1.29, 1.82) is 0 Å². The maximum absolute atomic E-state index is 12.7. The van der Waals surface area contributed by atoms with Gasteiger partial charge < -0.3 is 10.6 Å². The maximum atomic E-state index is 12.7. The van der Waals surface area contributed by atoms with Crippen LogP contribution in [-0.2, 0) is 11.3 Å². The van der Waals surface area contributed by atoms with Crippen molar-refractivity contribution in [3.8, 4) is 0 Å². The number of rotatable bonds is 4. The summed E-state index contributed by atoms with van der Waals surface area (Å²) in [5.74, 6) is -0.500. The van der Waals surface area contributed by atoms with E-state index in [1.165, 1.54) is 29.2 Å². The molecular weight excluding hydrogens is 352 g/mol. The van der Waals surface area contributed by atoms with Crippen LogP contribution in [0.15, 0.2) is 35.4 Å². The van der Waals surface area contributed by atoms with Crippen LogP contribution in [0.3, 0.4) is 0 Å². The van der Waals surface area contributed by atoms with E-state index < -0.39 is 0 Å². The first kappa shape index (κ1) is 17.8. The highest BCUT2D eigenvalue weighted by molar-refractivity contribution is 7.20. The number of aromatic nitrogens is 2. The Kier molecular flexibility index (Phi) is 4.85. The summed E-state index contributed by atoms with van der Waals surface area (Å²) in [6.45, 7) is 5.56. The molecule has 0 fully saturated rings. The molecule has 0 atom stereocenters. The zero-order valence-corrected chi connectivity index (χ0v) is 15.4. The van der Waals surface area contributed by atoms with Gasteiger partial charge in [0.1, 0.15) is 4.83 Å². The molecule has 8 heteroatoms. The van der Waals surface area contributed by atoms with E-state index >= 15 is 0 Å². The van der Waals surface area contributed by atoms with Gasteiger partial charge in [-0.2, -0.15) is 0 Å². The van der Waals surface area contributed by atoms with Crippen LogP contribution in [0.1, 0.15) is 29.1 Å². The Morgan fingerprint density at radius 1 is 1.23 bits per heavy atom. The minimum absolute atomic E-state index is 0.141. The molecule has 2 heterocycles. The minimum atomic E-state index is -0.312. The minimum Gasteiger partial charge on any atom is -0.326 e. The lowest BCUT2D eigenvalue weighted by molar-refractivity contribution is -0.114. The Morgan fingerprint density at radius 3 is 2.58 bits per heavy atom. The third-order valence-corrected chi connectivity index (χ3v) is 5.10. The Morgan fingerprint density at radius 2 is 1.92 bits per heavy atom. The van der Waals surface area contributed by atoms with Gasteiger partial charge in [0.15, 0.2) is 0 Å². The number of hydrogen-bond donors (Lipinski definition) is 2. The van der Waals surface area contributed by atoms with Crippen LogP contribution in [0.4, 0.5) is 11.4 Å². The number of anilines is 2. The van der Waals surface area contributed by atoms with E-state index in [4.69, 9.17) is 0 Å². The second-order valence-corrected chi connectivity index (χ2v) is 6.79. The van der Waals surface area contributed by atoms with Crippen LogP contribution in [0.2, 0.25) is 0 Å². The molecule has 26 heavy (non-hydrogen) atoms. The monoisotopic (exact) mass is 370 g/mol. The van der Waals surface area contributed by atoms with Crippen LogP contribution in [0, 0.1) is 6.92 Å². The lowest BCUT2D eigenvalue weighted by Crippen LogP contribution is -2.19. The fourth-order valence-corrected chi connectivity index (χ4v) is 3.70. The first-order valence-electron chi connectivity index (χ1n) is 8.08. The molecule has 7 nitrogen and oxygen atoms in total. The topological polar surface area (TPSA) is 93.1 Å². The number of nitrogens with zero attached hydrogens (tertiary/aromatic N) is 2. The molecule has 0 spiro atoms. The number of aryl methyl sites for hydroxylation is 2. The molecule has 0 aliphatic carbocycles. The number of fused-ring (bicyclic) bond motifs is 1. The van der Waals surface area contributed by atoms with Gasteiger partial charge in [0.2, 0.25) is 5.91 Å². The highest BCUT2D eigenvalue weighted by Crippen LogP contribution is 2.28. The number of amides is 2. The van der Waals surface area contributed by atoms with Gasteiger partial charge in [0.25, 0.3) is 11.5 Å². The smallest absolute Gasteiger partial charge is 0.266 e. The van der Waals surface area contributed by atoms with E-state index in [0.717, 1.165) is 0 Å². The van der Waals surface area contributed by atoms with Gasteiger partial charge in [-0.05, 0) is 37.6 Å². The van der Waals surface area contributed by atoms with E-state index in [0.29, 0.717) is 38.6 Å². The van der Waals surface area contributed by atoms with Gasteiger partial charge in [-0.25, -0.2) is 4.98 Å². The molecule has 134 valence electrons. The lowest BCUT2D eigenvalue weighted by atomic mass is 10.2. The summed E-state index contributed by atoms with van der Waals surface area (Å²) >= 11 is 1.19. The van der Waals surface area contributed by atoms with Crippen molar-refractivity contribution in [1.82, 2.24) is 9.55 Å². The summed E-state index contributed by atoms with van der Waals surface area (Å²) in [4.78, 5) is 41.6. The number of carbonyl (C=O) groups excluding carboxylic acids is 2. The fraction of sp³-hybridized carbons (Fsp3) is 0.222. The summed E-state index contributed by atoms with van der Waals surface area (Å²) in [7, 11) is 0. The average Bonchev–Trinajstić information content (AvgIpc) is 2.92. The normalized spacial score (nSPS) is 10.7. The largest absolute Gasteiger partial charge is 0.326 e. The molecule has 0 bridgehead atoms. The number of thiophene rings is 1. The molecule has 0 saturated carbocycles. The average molecular weight is 370 g/mol. The van der Waals surface area contributed by atoms with Crippen LogP contribution in [0.25, 0.3) is 10.2 Å². The Bertz CT molecular complexity index is 1070. The molecule has 2 amide bonds. The first-order valence-corrected chi connectivity index (χ1v) is 8.90. The van der Waals surface area contributed by atoms with Crippen molar-refractivity contribution < 1.29 is 9.59 Å². The molecule has 0 aliphatic heterocycles. The second kappa shape index (κ2) is 7.09. The van der Waals surface area contributed by atoms with E-state index in [2.05, 4.69) is 15.6 Å². The van der Waals surface area contributed by atoms with Crippen molar-refractivity contribution in [2.45, 2.75) is 27.3 Å². The third kappa shape index (κ3) is 3.36. The van der Waals surface area contributed by atoms with Gasteiger partial charge in [-0.1, -0.05) is 6.07 Å². The number of carbonyl (C=O) groups is 2. The summed E-state index contributed by atoms with van der Waals surface area (Å²) < 4.78 is 1.51. The Hall–Kier alpha value is -3.00. The quantitative estimate of drug-likeness (QED) is 0.738. The van der Waals surface area contributed by atoms with Crippen LogP contribution < -0.4 is 16.2 Å². The van der Waals surface area contributed by atoms with Crippen molar-refractivity contribution in [3.63, 3.8) is 0 Å². The third-order valence-electron chi connectivity index (χ3n) is 3.91. The highest BCUT2D eigenvalue weighted by Gasteiger charge is 2.19. The van der Waals surface area contributed by atoms with Gasteiger partial charge in [-0.3, -0.25) is 19.0 Å². The van der Waals surface area contributed by atoms with Crippen LogP contribution in [0.5, 0.6) is 0 Å². The zero-order chi connectivity index (χ0) is 18.8. The predicted molar refractivity (Wildman–Crippen MR) is 103 cm³/mol. The van der Waals surface area contributed by atoms with Crippen molar-refractivity contribution in [3.05, 3.63) is 51.4 Å². The molecule has 0 saturated heterocycles. The van der Waals surface area contributed by atoms with Gasteiger partial charge >= 0.3 is 0 Å². The van der Waals surface area contributed by atoms with Crippen molar-refractivity contribution >= 4 is 44.7 Å². The van der Waals surface area contributed by atoms with E-state index in [9.17, 15) is 14.4 Å². The molecule has 0 radical (unpaired) electrons. The van der Waals surface area contributed by atoms with Crippen molar-refractivity contribution in [2.75, 3.05) is 10.6 Å². The number of nitrogens with one attached hydrogen (secondary N) is 2. The second-order valence-electron chi connectivity index (χ2n) is 5.79. The fourth-order valence-electron chi connectivity index (χ4n) is 2.67. The van der Waals surface area contributed by atoms with E-state index in [1.54, 1.807) is 31.2 Å². The number of benzene rings is 1. The molecule has 2 aromatic heterocycles. The van der Waals surface area contributed by atoms with E-state index in [-0.39, 0.29) is 17.4 Å². The summed E-state index contributed by atoms with van der Waals surface area (Å²) in [6.07, 6.45) is 1.50. The number of hydrogen-bond acceptors (Lipinski definition) is 5. The molecule has 3 rings (SSSR count). The summed E-state index contributed by atoms with van der Waals surface area (Å²) in [5.41, 5.74) is 1.63. The first-order chi connectivity index (χ1) is 12.4. The maximum Gasteiger partial charge on any atom is 0.266 e. The van der Waals surface area contributed by atoms with E-state index in [1.807, 2.05) is 6.92 Å². The molecular formula is C18H18N4O3S. The molecule has 2 N–H and O–H groups in total. The standard InChI is InChI=1S/C18H18N4O3S/c1-4-22-9-19-17-14(18(22)25)10(2)15(26-17)16(24)21-13-7-5-6-12(8-13)20-11(3)23/h5-9H,4H2,1-3H3,(H,20,23)(H,21,24). The van der Waals surface area contributed by atoms with Gasteiger partial charge in [0.05, 0.1) is 16.6 Å². The van der Waals surface area contributed by atoms with Crippen molar-refractivity contribution in [2.24, 2.45) is 0 Å². The van der Waals surface area contributed by atoms with Gasteiger partial charge in [0, 0.05) is 24.8 Å². The van der Waals surface area contributed by atoms with Crippen LogP contribution >= 0.6 is 11.3 Å². The Balaban J connectivity index is 1.93. The Labute approximate surface area is 153 Å². The SMILES string of the molecule is CCn1cnc2sc(C(=O)Nc3cccc(NC(C)=O)c3)c(C)c2c1=O. The summed E-state index contributed by atoms with van der Waals surface area (Å²) in [6, 6.07) is 6.87. The molecule has 0 unspecified atom stereocenters. The molecule has 1 aromatic carbocycles. The predicted octanol–water partition coefficient (Wildman–Crippen LogP) is 3.00. The lowest BCUT2D eigenvalue weighted by Gasteiger charge is -2.07. The highest BCUT2D eigenvalue weighted by atomic mass is 32.1.